The molecule has 0 bridgehead atoms. The summed E-state index contributed by atoms with van der Waals surface area (Å²) in [5.74, 6) is -0.533. The molecular weight excluding hydrogens is 471 g/mol. The van der Waals surface area contributed by atoms with Gasteiger partial charge in [0.1, 0.15) is 17.3 Å². The van der Waals surface area contributed by atoms with Gasteiger partial charge >= 0.3 is 5.97 Å². The van der Waals surface area contributed by atoms with Gasteiger partial charge in [0, 0.05) is 24.5 Å². The zero-order valence-corrected chi connectivity index (χ0v) is 19.4. The number of esters is 1. The summed E-state index contributed by atoms with van der Waals surface area (Å²) in [5, 5.41) is 3.31. The lowest BCUT2D eigenvalue weighted by atomic mass is 10.0. The van der Waals surface area contributed by atoms with Gasteiger partial charge in [-0.05, 0) is 65.7 Å². The minimum absolute atomic E-state index is 0.219. The highest BCUT2D eigenvalue weighted by Gasteiger charge is 2.16. The van der Waals surface area contributed by atoms with Crippen LogP contribution in [0.1, 0.15) is 26.3 Å². The first-order chi connectivity index (χ1) is 16.9. The van der Waals surface area contributed by atoms with Gasteiger partial charge in [-0.2, -0.15) is 0 Å². The number of carbonyl (C=O) groups is 2. The maximum atomic E-state index is 13.3. The fraction of sp³-hybridized carbons (Fsp3) is 0.0741. The van der Waals surface area contributed by atoms with E-state index in [1.54, 1.807) is 54.7 Å². The number of aromatic nitrogens is 1. The second kappa shape index (κ2) is 10.8. The lowest BCUT2D eigenvalue weighted by Crippen LogP contribution is -2.23. The Bertz CT molecular complexity index is 1360. The lowest BCUT2D eigenvalue weighted by Gasteiger charge is -2.14. The number of ether oxygens (including phenoxy) is 2. The Hall–Kier alpha value is -4.23. The van der Waals surface area contributed by atoms with Crippen molar-refractivity contribution in [3.8, 4) is 22.6 Å². The SMILES string of the molecule is COC(=O)c1ccc(CNC(=O)c2cc(-c3ccncc3Cl)ccc2Oc2ccc(F)cc2)cc1. The third-order valence-corrected chi connectivity index (χ3v) is 5.48. The Morgan fingerprint density at radius 2 is 1.74 bits per heavy atom. The van der Waals surface area contributed by atoms with Crippen LogP contribution in [0.2, 0.25) is 5.02 Å². The molecule has 0 saturated heterocycles. The van der Waals surface area contributed by atoms with Gasteiger partial charge < -0.3 is 14.8 Å². The van der Waals surface area contributed by atoms with E-state index in [2.05, 4.69) is 10.3 Å². The highest BCUT2D eigenvalue weighted by molar-refractivity contribution is 6.33. The van der Waals surface area contributed by atoms with Gasteiger partial charge in [0.15, 0.2) is 0 Å². The number of pyridine rings is 1. The van der Waals surface area contributed by atoms with Crippen LogP contribution in [-0.2, 0) is 11.3 Å². The van der Waals surface area contributed by atoms with Crippen LogP contribution in [0.3, 0.4) is 0 Å². The van der Waals surface area contributed by atoms with Gasteiger partial charge in [-0.15, -0.1) is 0 Å². The maximum Gasteiger partial charge on any atom is 0.337 e. The highest BCUT2D eigenvalue weighted by atomic mass is 35.5. The van der Waals surface area contributed by atoms with E-state index >= 15 is 0 Å². The molecule has 35 heavy (non-hydrogen) atoms. The number of halogens is 2. The van der Waals surface area contributed by atoms with Crippen molar-refractivity contribution in [3.63, 3.8) is 0 Å². The summed E-state index contributed by atoms with van der Waals surface area (Å²) in [6, 6.07) is 19.1. The van der Waals surface area contributed by atoms with Crippen LogP contribution < -0.4 is 10.1 Å². The van der Waals surface area contributed by atoms with Crippen molar-refractivity contribution in [2.24, 2.45) is 0 Å². The first-order valence-electron chi connectivity index (χ1n) is 10.6. The number of nitrogens with zero attached hydrogens (tertiary/aromatic N) is 1. The van der Waals surface area contributed by atoms with Crippen molar-refractivity contribution in [2.75, 3.05) is 7.11 Å². The first-order valence-corrected chi connectivity index (χ1v) is 10.9. The molecule has 176 valence electrons. The number of rotatable bonds is 7. The normalized spacial score (nSPS) is 10.5. The molecule has 4 aromatic rings. The van der Waals surface area contributed by atoms with Crippen molar-refractivity contribution in [1.82, 2.24) is 10.3 Å². The molecule has 0 fully saturated rings. The molecule has 1 heterocycles. The molecule has 0 saturated carbocycles. The second-order valence-electron chi connectivity index (χ2n) is 7.49. The maximum absolute atomic E-state index is 13.3. The summed E-state index contributed by atoms with van der Waals surface area (Å²) in [4.78, 5) is 28.8. The van der Waals surface area contributed by atoms with Crippen LogP contribution >= 0.6 is 11.6 Å². The zero-order valence-electron chi connectivity index (χ0n) is 18.6. The van der Waals surface area contributed by atoms with E-state index in [-0.39, 0.29) is 18.0 Å². The molecule has 4 rings (SSSR count). The fourth-order valence-electron chi connectivity index (χ4n) is 3.36. The van der Waals surface area contributed by atoms with Crippen molar-refractivity contribution in [3.05, 3.63) is 113 Å². The molecular formula is C27H20ClFN2O4. The van der Waals surface area contributed by atoms with Crippen molar-refractivity contribution < 1.29 is 23.5 Å². The third kappa shape index (κ3) is 5.83. The average molecular weight is 491 g/mol. The minimum Gasteiger partial charge on any atom is -0.465 e. The smallest absolute Gasteiger partial charge is 0.337 e. The van der Waals surface area contributed by atoms with Crippen LogP contribution in [0.25, 0.3) is 11.1 Å². The molecule has 0 aliphatic carbocycles. The number of hydrogen-bond donors (Lipinski definition) is 1. The van der Waals surface area contributed by atoms with Crippen LogP contribution in [-0.4, -0.2) is 24.0 Å². The van der Waals surface area contributed by atoms with Gasteiger partial charge in [-0.3, -0.25) is 9.78 Å². The number of nitrogens with one attached hydrogen (secondary N) is 1. The fourth-order valence-corrected chi connectivity index (χ4v) is 3.59. The van der Waals surface area contributed by atoms with Gasteiger partial charge in [0.25, 0.3) is 5.91 Å². The minimum atomic E-state index is -0.435. The van der Waals surface area contributed by atoms with Crippen molar-refractivity contribution in [1.29, 1.82) is 0 Å². The van der Waals surface area contributed by atoms with E-state index in [1.807, 2.05) is 0 Å². The molecule has 3 aromatic carbocycles. The summed E-state index contributed by atoms with van der Waals surface area (Å²) in [6.07, 6.45) is 3.14. The quantitative estimate of drug-likeness (QED) is 0.319. The zero-order chi connectivity index (χ0) is 24.8. The molecule has 0 aliphatic rings. The highest BCUT2D eigenvalue weighted by Crippen LogP contribution is 2.33. The molecule has 1 aromatic heterocycles. The van der Waals surface area contributed by atoms with E-state index in [9.17, 15) is 14.0 Å². The van der Waals surface area contributed by atoms with E-state index < -0.39 is 11.8 Å². The van der Waals surface area contributed by atoms with Crippen LogP contribution in [0.15, 0.2) is 85.2 Å². The number of methoxy groups -OCH3 is 1. The van der Waals surface area contributed by atoms with E-state index in [0.717, 1.165) is 5.56 Å². The molecule has 0 spiro atoms. The monoisotopic (exact) mass is 490 g/mol. The number of carbonyl (C=O) groups excluding carboxylic acids is 2. The van der Waals surface area contributed by atoms with Gasteiger partial charge in [-0.25, -0.2) is 9.18 Å². The van der Waals surface area contributed by atoms with Gasteiger partial charge in [0.2, 0.25) is 0 Å². The summed E-state index contributed by atoms with van der Waals surface area (Å²) in [6.45, 7) is 0.219. The van der Waals surface area contributed by atoms with Crippen molar-refractivity contribution >= 4 is 23.5 Å². The molecule has 1 amide bonds. The molecule has 6 nitrogen and oxygen atoms in total. The molecule has 1 N–H and O–H groups in total. The summed E-state index contributed by atoms with van der Waals surface area (Å²) in [7, 11) is 1.31. The molecule has 0 atom stereocenters. The Morgan fingerprint density at radius 3 is 2.43 bits per heavy atom. The molecule has 0 aliphatic heterocycles. The summed E-state index contributed by atoms with van der Waals surface area (Å²) < 4.78 is 23.9. The second-order valence-corrected chi connectivity index (χ2v) is 7.90. The largest absolute Gasteiger partial charge is 0.465 e. The van der Waals surface area contributed by atoms with E-state index in [0.29, 0.717) is 33.2 Å². The molecule has 0 radical (unpaired) electrons. The lowest BCUT2D eigenvalue weighted by molar-refractivity contribution is 0.0600. The summed E-state index contributed by atoms with van der Waals surface area (Å²) in [5.41, 5.74) is 2.89. The van der Waals surface area contributed by atoms with Crippen LogP contribution in [0, 0.1) is 5.82 Å². The third-order valence-electron chi connectivity index (χ3n) is 5.18. The van der Waals surface area contributed by atoms with E-state index in [4.69, 9.17) is 21.1 Å². The molecule has 0 unspecified atom stereocenters. The van der Waals surface area contributed by atoms with Gasteiger partial charge in [0.05, 0.1) is 23.3 Å². The Labute approximate surface area is 206 Å². The van der Waals surface area contributed by atoms with Gasteiger partial charge in [-0.1, -0.05) is 29.8 Å². The Morgan fingerprint density at radius 1 is 1.00 bits per heavy atom. The topological polar surface area (TPSA) is 77.5 Å². The van der Waals surface area contributed by atoms with Crippen LogP contribution in [0.4, 0.5) is 4.39 Å². The Balaban J connectivity index is 1.61. The van der Waals surface area contributed by atoms with Crippen molar-refractivity contribution in [2.45, 2.75) is 6.54 Å². The number of benzene rings is 3. The summed E-state index contributed by atoms with van der Waals surface area (Å²) >= 11 is 6.30. The predicted molar refractivity (Wildman–Crippen MR) is 130 cm³/mol. The van der Waals surface area contributed by atoms with Crippen LogP contribution in [0.5, 0.6) is 11.5 Å². The standard InChI is InChI=1S/C27H20ClFN2O4/c1-34-27(33)18-4-2-17(3-5-18)15-31-26(32)23-14-19(22-12-13-30-16-24(22)28)6-11-25(23)35-21-9-7-20(29)8-10-21/h2-14,16H,15H2,1H3,(H,31,32). The molecule has 8 heteroatoms. The van der Waals surface area contributed by atoms with E-state index in [1.165, 1.54) is 37.6 Å². The first kappa shape index (κ1) is 23.9. The average Bonchev–Trinajstić information content (AvgIpc) is 2.89. The Kier molecular flexibility index (Phi) is 7.38. The number of hydrogen-bond acceptors (Lipinski definition) is 5. The number of amides is 1. The predicted octanol–water partition coefficient (Wildman–Crippen LogP) is 6.05.